The van der Waals surface area contributed by atoms with E-state index in [4.69, 9.17) is 5.14 Å². The number of nitrogens with two attached hydrogens (primary N) is 1. The molecule has 106 valence electrons. The molecule has 9 heteroatoms. The average Bonchev–Trinajstić information content (AvgIpc) is 2.74. The van der Waals surface area contributed by atoms with Crippen molar-refractivity contribution in [3.8, 4) is 0 Å². The summed E-state index contributed by atoms with van der Waals surface area (Å²) in [6.45, 7) is 1.72. The van der Waals surface area contributed by atoms with Crippen LogP contribution in [0.1, 0.15) is 14.7 Å². The summed E-state index contributed by atoms with van der Waals surface area (Å²) in [5, 5.41) is 8.02. The van der Waals surface area contributed by atoms with Crippen molar-refractivity contribution < 1.29 is 17.6 Å². The highest BCUT2D eigenvalue weighted by Crippen LogP contribution is 2.23. The Bertz CT molecular complexity index is 771. The van der Waals surface area contributed by atoms with Crippen LogP contribution in [0.3, 0.4) is 0 Å². The normalized spacial score (nSPS) is 11.3. The Morgan fingerprint density at radius 1 is 1.45 bits per heavy atom. The summed E-state index contributed by atoms with van der Waals surface area (Å²) < 4.78 is 36.0. The van der Waals surface area contributed by atoms with Gasteiger partial charge in [-0.25, -0.2) is 22.9 Å². The third-order valence-electron chi connectivity index (χ3n) is 2.34. The third kappa shape index (κ3) is 3.18. The second kappa shape index (κ2) is 5.27. The standard InChI is InChI=1S/C11H10FN3O3S2/c1-6-14-5-9(19-6)11(16)15-8-4-7(12)2-3-10(8)20(13,17)18/h2-5H,1H3,(H,15,16)(H2,13,17,18). The summed E-state index contributed by atoms with van der Waals surface area (Å²) in [4.78, 5) is 15.8. The number of carbonyl (C=O) groups excluding carboxylic acids is 1. The Balaban J connectivity index is 2.38. The predicted octanol–water partition coefficient (Wildman–Crippen LogP) is 1.49. The number of primary sulfonamides is 1. The molecule has 0 fully saturated rings. The van der Waals surface area contributed by atoms with E-state index in [0.29, 0.717) is 5.01 Å². The molecule has 1 heterocycles. The Kier molecular flexibility index (Phi) is 3.84. The van der Waals surface area contributed by atoms with Gasteiger partial charge >= 0.3 is 0 Å². The predicted molar refractivity (Wildman–Crippen MR) is 72.6 cm³/mol. The van der Waals surface area contributed by atoms with Crippen molar-refractivity contribution in [3.05, 3.63) is 40.1 Å². The number of hydrogen-bond acceptors (Lipinski definition) is 5. The quantitative estimate of drug-likeness (QED) is 0.895. The molecule has 0 aliphatic rings. The number of rotatable bonds is 3. The van der Waals surface area contributed by atoms with Gasteiger partial charge in [-0.15, -0.1) is 11.3 Å². The van der Waals surface area contributed by atoms with Crippen molar-refractivity contribution in [2.45, 2.75) is 11.8 Å². The van der Waals surface area contributed by atoms with E-state index in [9.17, 15) is 17.6 Å². The number of thiazole rings is 1. The maximum absolute atomic E-state index is 13.2. The zero-order valence-corrected chi connectivity index (χ0v) is 11.9. The molecular weight excluding hydrogens is 305 g/mol. The lowest BCUT2D eigenvalue weighted by atomic mass is 10.3. The van der Waals surface area contributed by atoms with Crippen LogP contribution in [0.2, 0.25) is 0 Å². The van der Waals surface area contributed by atoms with Gasteiger partial charge in [0.15, 0.2) is 0 Å². The highest BCUT2D eigenvalue weighted by molar-refractivity contribution is 7.89. The van der Waals surface area contributed by atoms with Gasteiger partial charge in [0.2, 0.25) is 10.0 Å². The molecule has 0 unspecified atom stereocenters. The van der Waals surface area contributed by atoms with Crippen LogP contribution >= 0.6 is 11.3 Å². The number of amides is 1. The molecule has 0 saturated heterocycles. The second-order valence-corrected chi connectivity index (χ2v) is 6.65. The van der Waals surface area contributed by atoms with Gasteiger partial charge in [0.25, 0.3) is 5.91 Å². The number of halogens is 1. The summed E-state index contributed by atoms with van der Waals surface area (Å²) in [5.74, 6) is -1.26. The van der Waals surface area contributed by atoms with Gasteiger partial charge in [-0.05, 0) is 25.1 Å². The molecule has 1 aromatic heterocycles. The summed E-state index contributed by atoms with van der Waals surface area (Å²) in [6, 6.07) is 2.84. The van der Waals surface area contributed by atoms with Gasteiger partial charge in [-0.3, -0.25) is 4.79 Å². The maximum atomic E-state index is 13.2. The number of sulfonamides is 1. The number of nitrogens with one attached hydrogen (secondary N) is 1. The fourth-order valence-corrected chi connectivity index (χ4v) is 2.85. The van der Waals surface area contributed by atoms with Gasteiger partial charge < -0.3 is 5.32 Å². The third-order valence-corrected chi connectivity index (χ3v) is 4.22. The van der Waals surface area contributed by atoms with E-state index < -0.39 is 21.7 Å². The molecule has 2 rings (SSSR count). The topological polar surface area (TPSA) is 102 Å². The van der Waals surface area contributed by atoms with Crippen LogP contribution in [-0.2, 0) is 10.0 Å². The molecular formula is C11H10FN3O3S2. The van der Waals surface area contributed by atoms with Crippen LogP contribution in [0.4, 0.5) is 10.1 Å². The molecule has 1 aromatic carbocycles. The number of aryl methyl sites for hydroxylation is 1. The largest absolute Gasteiger partial charge is 0.320 e. The highest BCUT2D eigenvalue weighted by Gasteiger charge is 2.18. The van der Waals surface area contributed by atoms with Crippen molar-refractivity contribution in [2.24, 2.45) is 5.14 Å². The minimum Gasteiger partial charge on any atom is -0.320 e. The first-order chi connectivity index (χ1) is 9.27. The lowest BCUT2D eigenvalue weighted by Crippen LogP contribution is -2.18. The maximum Gasteiger partial charge on any atom is 0.267 e. The zero-order valence-electron chi connectivity index (χ0n) is 10.3. The van der Waals surface area contributed by atoms with Gasteiger partial charge in [0, 0.05) is 0 Å². The highest BCUT2D eigenvalue weighted by atomic mass is 32.2. The van der Waals surface area contributed by atoms with E-state index in [-0.39, 0.29) is 15.5 Å². The molecule has 0 atom stereocenters. The van der Waals surface area contributed by atoms with Crippen LogP contribution < -0.4 is 10.5 Å². The Labute approximate surface area is 118 Å². The van der Waals surface area contributed by atoms with E-state index in [0.717, 1.165) is 29.5 Å². The lowest BCUT2D eigenvalue weighted by molar-refractivity contribution is 0.103. The summed E-state index contributed by atoms with van der Waals surface area (Å²) in [6.07, 6.45) is 1.35. The zero-order chi connectivity index (χ0) is 14.9. The molecule has 0 saturated carbocycles. The van der Waals surface area contributed by atoms with Crippen molar-refractivity contribution in [3.63, 3.8) is 0 Å². The molecule has 0 aliphatic heterocycles. The second-order valence-electron chi connectivity index (χ2n) is 3.88. The fourth-order valence-electron chi connectivity index (χ4n) is 1.50. The number of benzene rings is 1. The molecule has 0 spiro atoms. The monoisotopic (exact) mass is 315 g/mol. The minimum absolute atomic E-state index is 0.205. The molecule has 0 bridgehead atoms. The summed E-state index contributed by atoms with van der Waals surface area (Å²) >= 11 is 1.14. The number of nitrogens with zero attached hydrogens (tertiary/aromatic N) is 1. The smallest absolute Gasteiger partial charge is 0.267 e. The van der Waals surface area contributed by atoms with Crippen molar-refractivity contribution in [2.75, 3.05) is 5.32 Å². The molecule has 0 aliphatic carbocycles. The van der Waals surface area contributed by atoms with Crippen LogP contribution in [-0.4, -0.2) is 19.3 Å². The van der Waals surface area contributed by atoms with E-state index >= 15 is 0 Å². The van der Waals surface area contributed by atoms with Crippen LogP contribution in [0, 0.1) is 12.7 Å². The minimum atomic E-state index is -4.07. The van der Waals surface area contributed by atoms with Gasteiger partial charge in [0.05, 0.1) is 16.9 Å². The van der Waals surface area contributed by atoms with Gasteiger partial charge in [-0.2, -0.15) is 0 Å². The summed E-state index contributed by atoms with van der Waals surface area (Å²) in [7, 11) is -4.07. The first-order valence-electron chi connectivity index (χ1n) is 5.33. The molecule has 2 aromatic rings. The van der Waals surface area contributed by atoms with E-state index in [1.165, 1.54) is 6.20 Å². The van der Waals surface area contributed by atoms with Gasteiger partial charge in [-0.1, -0.05) is 0 Å². The number of aromatic nitrogens is 1. The molecule has 1 amide bonds. The SMILES string of the molecule is Cc1ncc(C(=O)Nc2cc(F)ccc2S(N)(=O)=O)s1. The Morgan fingerprint density at radius 2 is 2.15 bits per heavy atom. The summed E-state index contributed by atoms with van der Waals surface area (Å²) in [5.41, 5.74) is -0.205. The first-order valence-corrected chi connectivity index (χ1v) is 7.70. The van der Waals surface area contributed by atoms with Gasteiger partial charge in [0.1, 0.15) is 15.6 Å². The number of anilines is 1. The van der Waals surface area contributed by atoms with E-state index in [1.807, 2.05) is 0 Å². The Morgan fingerprint density at radius 3 is 2.70 bits per heavy atom. The van der Waals surface area contributed by atoms with E-state index in [1.54, 1.807) is 6.92 Å². The molecule has 3 N–H and O–H groups in total. The number of hydrogen-bond donors (Lipinski definition) is 2. The average molecular weight is 315 g/mol. The van der Waals surface area contributed by atoms with Crippen LogP contribution in [0.5, 0.6) is 0 Å². The van der Waals surface area contributed by atoms with Crippen molar-refractivity contribution >= 4 is 33.0 Å². The Hall–Kier alpha value is -1.84. The molecule has 0 radical (unpaired) electrons. The lowest BCUT2D eigenvalue weighted by Gasteiger charge is -2.08. The van der Waals surface area contributed by atoms with Crippen molar-refractivity contribution in [1.29, 1.82) is 0 Å². The van der Waals surface area contributed by atoms with Crippen LogP contribution in [0.25, 0.3) is 0 Å². The molecule has 20 heavy (non-hydrogen) atoms. The number of carbonyl (C=O) groups is 1. The van der Waals surface area contributed by atoms with Crippen LogP contribution in [0.15, 0.2) is 29.3 Å². The van der Waals surface area contributed by atoms with E-state index in [2.05, 4.69) is 10.3 Å². The first kappa shape index (κ1) is 14.6. The fraction of sp³-hybridized carbons (Fsp3) is 0.0909. The molecule has 6 nitrogen and oxygen atoms in total. The van der Waals surface area contributed by atoms with Crippen molar-refractivity contribution in [1.82, 2.24) is 4.98 Å².